The zero-order valence-corrected chi connectivity index (χ0v) is 14.1. The van der Waals surface area contributed by atoms with E-state index in [2.05, 4.69) is 0 Å². The molecule has 0 radical (unpaired) electrons. The fourth-order valence-electron chi connectivity index (χ4n) is 3.06. The quantitative estimate of drug-likeness (QED) is 0.653. The number of nitro benzene ring substituents is 1. The minimum atomic E-state index is -4.20. The van der Waals surface area contributed by atoms with Gasteiger partial charge in [-0.25, -0.2) is 8.42 Å². The molecule has 0 spiro atoms. The van der Waals surface area contributed by atoms with Crippen LogP contribution in [-0.2, 0) is 21.2 Å². The van der Waals surface area contributed by atoms with Crippen LogP contribution >= 0.6 is 0 Å². The Morgan fingerprint density at radius 1 is 1.24 bits per heavy atom. The Balaban J connectivity index is 2.22. The fraction of sp³-hybridized carbons (Fsp3) is 0.188. The zero-order valence-electron chi connectivity index (χ0n) is 13.2. The molecule has 0 bridgehead atoms. The second kappa shape index (κ2) is 5.85. The van der Waals surface area contributed by atoms with Gasteiger partial charge in [0, 0.05) is 18.1 Å². The van der Waals surface area contributed by atoms with E-state index in [1.807, 2.05) is 0 Å². The third-order valence-electron chi connectivity index (χ3n) is 4.24. The first-order valence-electron chi connectivity index (χ1n) is 7.41. The Morgan fingerprint density at radius 3 is 2.56 bits per heavy atom. The van der Waals surface area contributed by atoms with Crippen LogP contribution in [0.25, 0.3) is 0 Å². The monoisotopic (exact) mass is 361 g/mol. The molecule has 1 heterocycles. The van der Waals surface area contributed by atoms with Gasteiger partial charge in [-0.15, -0.1) is 0 Å². The van der Waals surface area contributed by atoms with E-state index in [9.17, 15) is 23.3 Å². The van der Waals surface area contributed by atoms with Crippen LogP contribution in [0.1, 0.15) is 11.1 Å². The first kappa shape index (κ1) is 16.9. The minimum absolute atomic E-state index is 0.0140. The van der Waals surface area contributed by atoms with E-state index in [-0.39, 0.29) is 22.6 Å². The Morgan fingerprint density at radius 2 is 1.92 bits per heavy atom. The van der Waals surface area contributed by atoms with Crippen LogP contribution in [0.5, 0.6) is 0 Å². The lowest BCUT2D eigenvalue weighted by Crippen LogP contribution is -2.46. The van der Waals surface area contributed by atoms with Crippen molar-refractivity contribution in [1.29, 1.82) is 0 Å². The maximum absolute atomic E-state index is 13.2. The third kappa shape index (κ3) is 2.62. The molecule has 0 aromatic heterocycles. The molecule has 2 aromatic carbocycles. The number of sulfonamides is 1. The topological polar surface area (TPSA) is 124 Å². The van der Waals surface area contributed by atoms with Gasteiger partial charge >= 0.3 is 0 Å². The summed E-state index contributed by atoms with van der Waals surface area (Å²) in [6.45, 7) is 1.37. The van der Waals surface area contributed by atoms with Crippen molar-refractivity contribution in [3.63, 3.8) is 0 Å². The zero-order chi connectivity index (χ0) is 18.4. The van der Waals surface area contributed by atoms with Crippen molar-refractivity contribution in [3.05, 3.63) is 63.7 Å². The number of fused-ring (bicyclic) bond motifs is 1. The fourth-order valence-corrected chi connectivity index (χ4v) is 4.96. The van der Waals surface area contributed by atoms with Crippen LogP contribution in [0, 0.1) is 17.0 Å². The molecule has 3 rings (SSSR count). The van der Waals surface area contributed by atoms with Gasteiger partial charge in [-0.1, -0.05) is 24.3 Å². The Labute approximate surface area is 144 Å². The number of anilines is 1. The number of hydrogen-bond donors (Lipinski definition) is 1. The summed E-state index contributed by atoms with van der Waals surface area (Å²) in [5.74, 6) is -0.775. The third-order valence-corrected chi connectivity index (χ3v) is 6.21. The van der Waals surface area contributed by atoms with Crippen molar-refractivity contribution in [3.8, 4) is 0 Å². The highest BCUT2D eigenvalue weighted by Crippen LogP contribution is 2.38. The van der Waals surface area contributed by atoms with Gasteiger partial charge < -0.3 is 5.73 Å². The van der Waals surface area contributed by atoms with Crippen LogP contribution in [0.4, 0.5) is 11.4 Å². The smallest absolute Gasteiger partial charge is 0.273 e. The second-order valence-electron chi connectivity index (χ2n) is 5.71. The number of para-hydroxylation sites is 1. The molecular weight excluding hydrogens is 346 g/mol. The Kier molecular flexibility index (Phi) is 3.96. The van der Waals surface area contributed by atoms with Crippen LogP contribution in [-0.4, -0.2) is 25.3 Å². The van der Waals surface area contributed by atoms with Gasteiger partial charge in [0.25, 0.3) is 15.7 Å². The highest BCUT2D eigenvalue weighted by molar-refractivity contribution is 7.93. The number of nitrogens with zero attached hydrogens (tertiary/aromatic N) is 2. The SMILES string of the molecule is Cc1c([N+](=O)[O-])cccc1S(=O)(=O)N1c2ccccc2C[C@H]1C(N)=O. The molecule has 1 atom stereocenters. The molecule has 0 unspecified atom stereocenters. The van der Waals surface area contributed by atoms with Gasteiger partial charge in [-0.2, -0.15) is 0 Å². The minimum Gasteiger partial charge on any atom is -0.368 e. The summed E-state index contributed by atoms with van der Waals surface area (Å²) in [6, 6.07) is 9.47. The molecule has 0 fully saturated rings. The van der Waals surface area contributed by atoms with Crippen LogP contribution in [0.15, 0.2) is 47.4 Å². The molecule has 0 saturated heterocycles. The van der Waals surface area contributed by atoms with E-state index in [0.29, 0.717) is 11.3 Å². The van der Waals surface area contributed by atoms with Gasteiger partial charge in [-0.05, 0) is 24.6 Å². The number of rotatable bonds is 4. The van der Waals surface area contributed by atoms with Crippen molar-refractivity contribution < 1.29 is 18.1 Å². The summed E-state index contributed by atoms with van der Waals surface area (Å²) < 4.78 is 27.4. The van der Waals surface area contributed by atoms with Crippen molar-refractivity contribution in [2.45, 2.75) is 24.3 Å². The lowest BCUT2D eigenvalue weighted by atomic mass is 10.1. The molecule has 8 nitrogen and oxygen atoms in total. The van der Waals surface area contributed by atoms with Gasteiger partial charge in [0.15, 0.2) is 0 Å². The molecule has 1 amide bonds. The van der Waals surface area contributed by atoms with Crippen LogP contribution in [0.3, 0.4) is 0 Å². The first-order chi connectivity index (χ1) is 11.7. The maximum Gasteiger partial charge on any atom is 0.273 e. The van der Waals surface area contributed by atoms with Gasteiger partial charge in [0.2, 0.25) is 5.91 Å². The molecule has 1 aliphatic rings. The summed E-state index contributed by atoms with van der Waals surface area (Å²) >= 11 is 0. The predicted molar refractivity (Wildman–Crippen MR) is 90.6 cm³/mol. The van der Waals surface area contributed by atoms with Crippen LogP contribution < -0.4 is 10.0 Å². The van der Waals surface area contributed by atoms with E-state index in [4.69, 9.17) is 5.73 Å². The number of hydrogen-bond acceptors (Lipinski definition) is 5. The van der Waals surface area contributed by atoms with Crippen molar-refractivity contribution >= 4 is 27.3 Å². The Bertz CT molecular complexity index is 987. The van der Waals surface area contributed by atoms with E-state index >= 15 is 0 Å². The first-order valence-corrected chi connectivity index (χ1v) is 8.85. The molecule has 0 saturated carbocycles. The molecule has 9 heteroatoms. The largest absolute Gasteiger partial charge is 0.368 e. The lowest BCUT2D eigenvalue weighted by Gasteiger charge is -2.25. The number of carbonyl (C=O) groups excluding carboxylic acids is 1. The summed E-state index contributed by atoms with van der Waals surface area (Å²) in [7, 11) is -4.20. The second-order valence-corrected chi connectivity index (χ2v) is 7.49. The molecular formula is C16H15N3O5S. The summed E-state index contributed by atoms with van der Waals surface area (Å²) in [6.07, 6.45) is 0.165. The average Bonchev–Trinajstić information content (AvgIpc) is 2.95. The lowest BCUT2D eigenvalue weighted by molar-refractivity contribution is -0.385. The van der Waals surface area contributed by atoms with Gasteiger partial charge in [0.05, 0.1) is 15.5 Å². The van der Waals surface area contributed by atoms with Crippen LogP contribution in [0.2, 0.25) is 0 Å². The number of amides is 1. The van der Waals surface area contributed by atoms with E-state index in [0.717, 1.165) is 4.31 Å². The van der Waals surface area contributed by atoms with Crippen molar-refractivity contribution in [2.24, 2.45) is 5.73 Å². The molecule has 2 N–H and O–H groups in total. The number of primary amides is 1. The van der Waals surface area contributed by atoms with E-state index in [1.54, 1.807) is 24.3 Å². The number of benzene rings is 2. The summed E-state index contributed by atoms with van der Waals surface area (Å²) in [5, 5.41) is 11.1. The standard InChI is InChI=1S/C16H15N3O5S/c1-10-12(19(21)22)7-4-8-15(10)25(23,24)18-13-6-3-2-5-11(13)9-14(18)16(17)20/h2-8,14H,9H2,1H3,(H2,17,20)/t14-/m0/s1. The van der Waals surface area contributed by atoms with Crippen molar-refractivity contribution in [2.75, 3.05) is 4.31 Å². The number of carbonyl (C=O) groups is 1. The number of nitrogens with two attached hydrogens (primary N) is 1. The van der Waals surface area contributed by atoms with Crippen molar-refractivity contribution in [1.82, 2.24) is 0 Å². The van der Waals surface area contributed by atoms with E-state index in [1.165, 1.54) is 25.1 Å². The number of nitro groups is 1. The molecule has 0 aliphatic carbocycles. The van der Waals surface area contributed by atoms with Gasteiger partial charge in [0.1, 0.15) is 6.04 Å². The molecule has 1 aliphatic heterocycles. The van der Waals surface area contributed by atoms with E-state index < -0.39 is 26.9 Å². The Hall–Kier alpha value is -2.94. The summed E-state index contributed by atoms with van der Waals surface area (Å²) in [4.78, 5) is 22.1. The van der Waals surface area contributed by atoms with Gasteiger partial charge in [-0.3, -0.25) is 19.2 Å². The highest BCUT2D eigenvalue weighted by atomic mass is 32.2. The maximum atomic E-state index is 13.2. The molecule has 2 aromatic rings. The summed E-state index contributed by atoms with van der Waals surface area (Å²) in [5.41, 5.74) is 6.15. The highest BCUT2D eigenvalue weighted by Gasteiger charge is 2.42. The average molecular weight is 361 g/mol. The molecule has 130 valence electrons. The normalized spacial score (nSPS) is 16.5. The molecule has 25 heavy (non-hydrogen) atoms. The predicted octanol–water partition coefficient (Wildman–Crippen LogP) is 1.51.